The minimum atomic E-state index is 0.576. The van der Waals surface area contributed by atoms with Crippen molar-refractivity contribution in [1.29, 1.82) is 0 Å². The molecule has 0 amide bonds. The summed E-state index contributed by atoms with van der Waals surface area (Å²) in [6.07, 6.45) is 4.90. The number of hydrogen-bond acceptors (Lipinski definition) is 4. The van der Waals surface area contributed by atoms with Gasteiger partial charge in [-0.05, 0) is 30.4 Å². The fraction of sp³-hybridized carbons (Fsp3) is 0.308. The average molecular weight is 245 g/mol. The zero-order valence-electron chi connectivity index (χ0n) is 9.52. The third kappa shape index (κ3) is 2.05. The minimum Gasteiger partial charge on any atom is -0.398 e. The van der Waals surface area contributed by atoms with Gasteiger partial charge < -0.3 is 11.1 Å². The van der Waals surface area contributed by atoms with Crippen LogP contribution in [0.5, 0.6) is 0 Å². The molecule has 3 N–H and O–H groups in total. The summed E-state index contributed by atoms with van der Waals surface area (Å²) < 4.78 is 0. The third-order valence-corrected chi connectivity index (χ3v) is 4.30. The molecule has 4 heteroatoms. The molecule has 1 aromatic carbocycles. The lowest BCUT2D eigenvalue weighted by Gasteiger charge is -2.15. The zero-order chi connectivity index (χ0) is 11.7. The Balaban J connectivity index is 2.01. The Morgan fingerprint density at radius 2 is 2.24 bits per heavy atom. The van der Waals surface area contributed by atoms with Crippen molar-refractivity contribution in [3.8, 4) is 0 Å². The smallest absolute Gasteiger partial charge is 0.0439 e. The second-order valence-corrected chi connectivity index (χ2v) is 5.48. The summed E-state index contributed by atoms with van der Waals surface area (Å²) in [5, 5.41) is 5.79. The molecule has 0 spiro atoms. The minimum absolute atomic E-state index is 0.576. The van der Waals surface area contributed by atoms with Crippen molar-refractivity contribution >= 4 is 33.9 Å². The number of pyridine rings is 1. The van der Waals surface area contributed by atoms with Crippen molar-refractivity contribution in [1.82, 2.24) is 4.98 Å². The number of rotatable bonds is 2. The van der Waals surface area contributed by atoms with Crippen LogP contribution >= 0.6 is 11.8 Å². The predicted octanol–water partition coefficient (Wildman–Crippen LogP) is 2.73. The van der Waals surface area contributed by atoms with E-state index >= 15 is 0 Å². The maximum Gasteiger partial charge on any atom is 0.0439 e. The fourth-order valence-electron chi connectivity index (χ4n) is 2.21. The lowest BCUT2D eigenvalue weighted by atomic mass is 10.1. The molecule has 3 rings (SSSR count). The van der Waals surface area contributed by atoms with Gasteiger partial charge in [-0.1, -0.05) is 0 Å². The highest BCUT2D eigenvalue weighted by atomic mass is 32.2. The Morgan fingerprint density at radius 1 is 1.29 bits per heavy atom. The number of nitrogens with one attached hydrogen (secondary N) is 1. The van der Waals surface area contributed by atoms with Gasteiger partial charge in [-0.3, -0.25) is 4.98 Å². The highest BCUT2D eigenvalue weighted by Gasteiger charge is 2.16. The lowest BCUT2D eigenvalue weighted by molar-refractivity contribution is 0.814. The molecule has 3 nitrogen and oxygen atoms in total. The summed E-state index contributed by atoms with van der Waals surface area (Å²) in [4.78, 5) is 4.19. The van der Waals surface area contributed by atoms with E-state index in [-0.39, 0.29) is 0 Å². The molecule has 17 heavy (non-hydrogen) atoms. The van der Waals surface area contributed by atoms with Gasteiger partial charge in [0.2, 0.25) is 0 Å². The number of benzene rings is 1. The maximum absolute atomic E-state index is 5.97. The number of nitrogens with zero attached hydrogens (tertiary/aromatic N) is 1. The van der Waals surface area contributed by atoms with Crippen LogP contribution in [0.25, 0.3) is 10.8 Å². The Hall–Kier alpha value is -1.42. The highest BCUT2D eigenvalue weighted by molar-refractivity contribution is 7.99. The van der Waals surface area contributed by atoms with Gasteiger partial charge in [0, 0.05) is 46.3 Å². The van der Waals surface area contributed by atoms with E-state index in [1.54, 1.807) is 6.20 Å². The Morgan fingerprint density at radius 3 is 3.06 bits per heavy atom. The third-order valence-electron chi connectivity index (χ3n) is 3.14. The van der Waals surface area contributed by atoms with Gasteiger partial charge in [0.25, 0.3) is 0 Å². The van der Waals surface area contributed by atoms with Crippen LogP contribution in [-0.4, -0.2) is 22.5 Å². The molecule has 1 saturated heterocycles. The van der Waals surface area contributed by atoms with Gasteiger partial charge >= 0.3 is 0 Å². The first-order chi connectivity index (χ1) is 8.34. The predicted molar refractivity (Wildman–Crippen MR) is 75.5 cm³/mol. The molecule has 0 radical (unpaired) electrons. The first kappa shape index (κ1) is 10.7. The van der Waals surface area contributed by atoms with E-state index in [2.05, 4.69) is 16.4 Å². The second kappa shape index (κ2) is 4.45. The van der Waals surface area contributed by atoms with Crippen molar-refractivity contribution in [3.05, 3.63) is 30.6 Å². The van der Waals surface area contributed by atoms with E-state index in [1.807, 2.05) is 30.1 Å². The van der Waals surface area contributed by atoms with Crippen molar-refractivity contribution in [2.45, 2.75) is 12.5 Å². The maximum atomic E-state index is 5.97. The van der Waals surface area contributed by atoms with Crippen molar-refractivity contribution in [2.24, 2.45) is 0 Å². The van der Waals surface area contributed by atoms with Crippen LogP contribution < -0.4 is 11.1 Å². The lowest BCUT2D eigenvalue weighted by Crippen LogP contribution is -2.18. The number of nitrogen functional groups attached to an aromatic ring is 1. The first-order valence-corrected chi connectivity index (χ1v) is 6.96. The van der Waals surface area contributed by atoms with E-state index in [1.165, 1.54) is 17.9 Å². The number of aromatic nitrogens is 1. The monoisotopic (exact) mass is 245 g/mol. The summed E-state index contributed by atoms with van der Waals surface area (Å²) >= 11 is 2.01. The number of thioether (sulfide) groups is 1. The zero-order valence-corrected chi connectivity index (χ0v) is 10.3. The van der Waals surface area contributed by atoms with Crippen LogP contribution in [0.4, 0.5) is 11.4 Å². The van der Waals surface area contributed by atoms with Gasteiger partial charge in [0.1, 0.15) is 0 Å². The van der Waals surface area contributed by atoms with Gasteiger partial charge in [0.15, 0.2) is 0 Å². The first-order valence-electron chi connectivity index (χ1n) is 5.81. The van der Waals surface area contributed by atoms with Crippen molar-refractivity contribution in [2.75, 3.05) is 22.6 Å². The number of fused-ring (bicyclic) bond motifs is 1. The van der Waals surface area contributed by atoms with Crippen LogP contribution in [0.3, 0.4) is 0 Å². The molecule has 2 heterocycles. The van der Waals surface area contributed by atoms with E-state index in [0.29, 0.717) is 6.04 Å². The van der Waals surface area contributed by atoms with E-state index in [0.717, 1.165) is 22.1 Å². The summed E-state index contributed by atoms with van der Waals surface area (Å²) in [6, 6.07) is 6.57. The highest BCUT2D eigenvalue weighted by Crippen LogP contribution is 2.29. The van der Waals surface area contributed by atoms with Gasteiger partial charge in [-0.2, -0.15) is 11.8 Å². The van der Waals surface area contributed by atoms with Crippen molar-refractivity contribution < 1.29 is 0 Å². The molecule has 1 aromatic heterocycles. The van der Waals surface area contributed by atoms with Gasteiger partial charge in [0.05, 0.1) is 0 Å². The van der Waals surface area contributed by atoms with Crippen molar-refractivity contribution in [3.63, 3.8) is 0 Å². The molecule has 1 unspecified atom stereocenters. The van der Waals surface area contributed by atoms with E-state index in [9.17, 15) is 0 Å². The molecule has 0 aliphatic carbocycles. The summed E-state index contributed by atoms with van der Waals surface area (Å²) in [5.41, 5.74) is 7.94. The molecule has 1 fully saturated rings. The molecule has 1 aliphatic rings. The summed E-state index contributed by atoms with van der Waals surface area (Å²) in [6.45, 7) is 0. The van der Waals surface area contributed by atoms with Crippen LogP contribution in [0.15, 0.2) is 30.6 Å². The standard InChI is InChI=1S/C13H15N3S/c14-12-1-2-13(16-9-4-6-17-8-9)11-7-15-5-3-10(11)12/h1-3,5,7,9,16H,4,6,8,14H2. The van der Waals surface area contributed by atoms with Crippen LogP contribution in [0.1, 0.15) is 6.42 Å². The number of hydrogen-bond donors (Lipinski definition) is 2. The fourth-order valence-corrected chi connectivity index (χ4v) is 3.36. The number of anilines is 2. The van der Waals surface area contributed by atoms with Crippen LogP contribution in [0, 0.1) is 0 Å². The number of nitrogens with two attached hydrogens (primary N) is 1. The van der Waals surface area contributed by atoms with Gasteiger partial charge in [-0.25, -0.2) is 0 Å². The molecule has 2 aromatic rings. The average Bonchev–Trinajstić information content (AvgIpc) is 2.86. The molecule has 0 bridgehead atoms. The van der Waals surface area contributed by atoms with E-state index < -0.39 is 0 Å². The van der Waals surface area contributed by atoms with Crippen LogP contribution in [-0.2, 0) is 0 Å². The van der Waals surface area contributed by atoms with Gasteiger partial charge in [-0.15, -0.1) is 0 Å². The summed E-state index contributed by atoms with van der Waals surface area (Å²) in [5.74, 6) is 2.44. The Labute approximate surface area is 105 Å². The molecule has 88 valence electrons. The quantitative estimate of drug-likeness (QED) is 0.799. The topological polar surface area (TPSA) is 50.9 Å². The molecule has 1 atom stereocenters. The molecule has 0 saturated carbocycles. The van der Waals surface area contributed by atoms with E-state index in [4.69, 9.17) is 5.73 Å². The second-order valence-electron chi connectivity index (χ2n) is 4.33. The molecule has 1 aliphatic heterocycles. The Kier molecular flexibility index (Phi) is 2.81. The molecular formula is C13H15N3S. The SMILES string of the molecule is Nc1ccc(NC2CCSC2)c2cnccc12. The largest absolute Gasteiger partial charge is 0.398 e. The molecular weight excluding hydrogens is 230 g/mol. The Bertz CT molecular complexity index is 535. The summed E-state index contributed by atoms with van der Waals surface area (Å²) in [7, 11) is 0. The normalized spacial score (nSPS) is 19.6. The van der Waals surface area contributed by atoms with Crippen LogP contribution in [0.2, 0.25) is 0 Å².